The van der Waals surface area contributed by atoms with Crippen LogP contribution in [0, 0.1) is 6.92 Å². The lowest BCUT2D eigenvalue weighted by molar-refractivity contribution is -0.141. The highest BCUT2D eigenvalue weighted by Gasteiger charge is 2.35. The SMILES string of the molecule is Cc1ocnc1C(=O)N1CCC[C@@H]1C(=O)O. The molecule has 2 rings (SSSR count). The molecule has 6 nitrogen and oxygen atoms in total. The number of carboxylic acids is 1. The topological polar surface area (TPSA) is 83.6 Å². The number of carbonyl (C=O) groups excluding carboxylic acids is 1. The van der Waals surface area contributed by atoms with E-state index in [1.807, 2.05) is 0 Å². The molecular formula is C10H12N2O4. The summed E-state index contributed by atoms with van der Waals surface area (Å²) in [4.78, 5) is 28.1. The van der Waals surface area contributed by atoms with E-state index in [0.29, 0.717) is 25.1 Å². The second-order valence-corrected chi connectivity index (χ2v) is 3.75. The molecule has 1 amide bonds. The van der Waals surface area contributed by atoms with Crippen LogP contribution >= 0.6 is 0 Å². The van der Waals surface area contributed by atoms with Gasteiger partial charge in [-0.1, -0.05) is 0 Å². The van der Waals surface area contributed by atoms with Crippen molar-refractivity contribution in [2.75, 3.05) is 6.54 Å². The largest absolute Gasteiger partial charge is 0.480 e. The molecule has 6 heteroatoms. The average Bonchev–Trinajstić information content (AvgIpc) is 2.84. The monoisotopic (exact) mass is 224 g/mol. The second-order valence-electron chi connectivity index (χ2n) is 3.75. The van der Waals surface area contributed by atoms with Crippen molar-refractivity contribution in [3.05, 3.63) is 17.8 Å². The number of aromatic nitrogens is 1. The highest BCUT2D eigenvalue weighted by molar-refractivity contribution is 5.96. The molecule has 1 aromatic heterocycles. The summed E-state index contributed by atoms with van der Waals surface area (Å²) in [6.45, 7) is 2.09. The predicted molar refractivity (Wildman–Crippen MR) is 52.9 cm³/mol. The van der Waals surface area contributed by atoms with E-state index in [1.54, 1.807) is 6.92 Å². The third kappa shape index (κ3) is 1.66. The summed E-state index contributed by atoms with van der Waals surface area (Å²) in [7, 11) is 0. The molecular weight excluding hydrogens is 212 g/mol. The minimum absolute atomic E-state index is 0.202. The molecule has 86 valence electrons. The van der Waals surface area contributed by atoms with Gasteiger partial charge in [0.25, 0.3) is 5.91 Å². The van der Waals surface area contributed by atoms with Crippen LogP contribution in [0.25, 0.3) is 0 Å². The van der Waals surface area contributed by atoms with Gasteiger partial charge in [0.05, 0.1) is 0 Å². The Labute approximate surface area is 91.9 Å². The normalized spacial score (nSPS) is 20.1. The number of carbonyl (C=O) groups is 2. The minimum atomic E-state index is -0.966. The number of oxazole rings is 1. The van der Waals surface area contributed by atoms with Crippen molar-refractivity contribution in [1.29, 1.82) is 0 Å². The highest BCUT2D eigenvalue weighted by Crippen LogP contribution is 2.20. The number of rotatable bonds is 2. The van der Waals surface area contributed by atoms with Crippen molar-refractivity contribution in [3.8, 4) is 0 Å². The van der Waals surface area contributed by atoms with E-state index in [1.165, 1.54) is 11.3 Å². The predicted octanol–water partition coefficient (Wildman–Crippen LogP) is 0.672. The van der Waals surface area contributed by atoms with Crippen LogP contribution in [0.5, 0.6) is 0 Å². The van der Waals surface area contributed by atoms with Gasteiger partial charge in [-0.25, -0.2) is 9.78 Å². The molecule has 1 N–H and O–H groups in total. The number of aryl methyl sites for hydroxylation is 1. The zero-order chi connectivity index (χ0) is 11.7. The Morgan fingerprint density at radius 2 is 2.38 bits per heavy atom. The number of nitrogens with zero attached hydrogens (tertiary/aromatic N) is 2. The summed E-state index contributed by atoms with van der Waals surface area (Å²) < 4.78 is 4.93. The van der Waals surface area contributed by atoms with Crippen LogP contribution in [0.3, 0.4) is 0 Å². The first-order valence-electron chi connectivity index (χ1n) is 5.05. The van der Waals surface area contributed by atoms with Crippen molar-refractivity contribution < 1.29 is 19.1 Å². The smallest absolute Gasteiger partial charge is 0.326 e. The van der Waals surface area contributed by atoms with Gasteiger partial charge in [0, 0.05) is 6.54 Å². The number of hydrogen-bond donors (Lipinski definition) is 1. The summed E-state index contributed by atoms with van der Waals surface area (Å²) in [5, 5.41) is 8.96. The van der Waals surface area contributed by atoms with Crippen molar-refractivity contribution in [1.82, 2.24) is 9.88 Å². The van der Waals surface area contributed by atoms with Gasteiger partial charge < -0.3 is 14.4 Å². The highest BCUT2D eigenvalue weighted by atomic mass is 16.4. The minimum Gasteiger partial charge on any atom is -0.480 e. The van der Waals surface area contributed by atoms with Crippen LogP contribution < -0.4 is 0 Å². The fourth-order valence-electron chi connectivity index (χ4n) is 1.91. The third-order valence-electron chi connectivity index (χ3n) is 2.75. The lowest BCUT2D eigenvalue weighted by atomic mass is 10.2. The lowest BCUT2D eigenvalue weighted by Gasteiger charge is -2.20. The Morgan fingerprint density at radius 3 is 2.94 bits per heavy atom. The molecule has 0 aromatic carbocycles. The summed E-state index contributed by atoms with van der Waals surface area (Å²) in [6, 6.07) is -0.733. The molecule has 1 aromatic rings. The van der Waals surface area contributed by atoms with Crippen LogP contribution in [0.1, 0.15) is 29.1 Å². The van der Waals surface area contributed by atoms with E-state index in [2.05, 4.69) is 4.98 Å². The van der Waals surface area contributed by atoms with Gasteiger partial charge in [-0.3, -0.25) is 4.79 Å². The Bertz CT molecular complexity index is 426. The van der Waals surface area contributed by atoms with E-state index in [0.717, 1.165) is 0 Å². The molecule has 1 saturated heterocycles. The summed E-state index contributed by atoms with van der Waals surface area (Å²) in [6.07, 6.45) is 2.39. The maximum absolute atomic E-state index is 12.0. The molecule has 1 aliphatic heterocycles. The van der Waals surface area contributed by atoms with Gasteiger partial charge in [0.15, 0.2) is 12.1 Å². The molecule has 0 saturated carbocycles. The first-order chi connectivity index (χ1) is 7.61. The van der Waals surface area contributed by atoms with Crippen molar-refractivity contribution in [2.24, 2.45) is 0 Å². The van der Waals surface area contributed by atoms with Gasteiger partial charge in [-0.15, -0.1) is 0 Å². The molecule has 2 heterocycles. The quantitative estimate of drug-likeness (QED) is 0.798. The Hall–Kier alpha value is -1.85. The van der Waals surface area contributed by atoms with Crippen molar-refractivity contribution in [3.63, 3.8) is 0 Å². The molecule has 1 atom stereocenters. The van der Waals surface area contributed by atoms with E-state index in [-0.39, 0.29) is 11.6 Å². The molecule has 16 heavy (non-hydrogen) atoms. The number of hydrogen-bond acceptors (Lipinski definition) is 4. The summed E-state index contributed by atoms with van der Waals surface area (Å²) in [5.41, 5.74) is 0.202. The van der Waals surface area contributed by atoms with E-state index in [9.17, 15) is 9.59 Å². The fourth-order valence-corrected chi connectivity index (χ4v) is 1.91. The zero-order valence-electron chi connectivity index (χ0n) is 8.84. The van der Waals surface area contributed by atoms with Crippen LogP contribution in [0.4, 0.5) is 0 Å². The summed E-state index contributed by atoms with van der Waals surface area (Å²) in [5.74, 6) is -0.913. The van der Waals surface area contributed by atoms with Crippen molar-refractivity contribution in [2.45, 2.75) is 25.8 Å². The molecule has 1 fully saturated rings. The number of carboxylic acid groups (broad SMARTS) is 1. The standard InChI is InChI=1S/C10H12N2O4/c1-6-8(11-5-16-6)9(13)12-4-2-3-7(12)10(14)15/h5,7H,2-4H2,1H3,(H,14,15)/t7-/m1/s1. The van der Waals surface area contributed by atoms with Crippen LogP contribution in [0.15, 0.2) is 10.8 Å². The molecule has 0 radical (unpaired) electrons. The molecule has 0 aliphatic carbocycles. The summed E-state index contributed by atoms with van der Waals surface area (Å²) >= 11 is 0. The van der Waals surface area contributed by atoms with Gasteiger partial charge in [-0.05, 0) is 19.8 Å². The number of aliphatic carboxylic acids is 1. The van der Waals surface area contributed by atoms with Crippen molar-refractivity contribution >= 4 is 11.9 Å². The van der Waals surface area contributed by atoms with E-state index < -0.39 is 12.0 Å². The zero-order valence-corrected chi connectivity index (χ0v) is 8.84. The second kappa shape index (κ2) is 3.96. The maximum Gasteiger partial charge on any atom is 0.326 e. The van der Waals surface area contributed by atoms with Crippen LogP contribution in [0.2, 0.25) is 0 Å². The van der Waals surface area contributed by atoms with E-state index in [4.69, 9.17) is 9.52 Å². The Morgan fingerprint density at radius 1 is 1.62 bits per heavy atom. The van der Waals surface area contributed by atoms with E-state index >= 15 is 0 Å². The Balaban J connectivity index is 2.22. The van der Waals surface area contributed by atoms with Gasteiger partial charge in [0.1, 0.15) is 11.8 Å². The van der Waals surface area contributed by atoms with Gasteiger partial charge in [0.2, 0.25) is 0 Å². The van der Waals surface area contributed by atoms with Crippen LogP contribution in [-0.2, 0) is 4.79 Å². The first kappa shape index (κ1) is 10.7. The van der Waals surface area contributed by atoms with Gasteiger partial charge in [-0.2, -0.15) is 0 Å². The average molecular weight is 224 g/mol. The van der Waals surface area contributed by atoms with Crippen LogP contribution in [-0.4, -0.2) is 39.5 Å². The van der Waals surface area contributed by atoms with Gasteiger partial charge >= 0.3 is 5.97 Å². The number of likely N-dealkylation sites (tertiary alicyclic amines) is 1. The third-order valence-corrected chi connectivity index (χ3v) is 2.75. The molecule has 0 bridgehead atoms. The fraction of sp³-hybridized carbons (Fsp3) is 0.500. The first-order valence-corrected chi connectivity index (χ1v) is 5.05. The molecule has 1 aliphatic rings. The number of amides is 1. The lowest BCUT2D eigenvalue weighted by Crippen LogP contribution is -2.40. The maximum atomic E-state index is 12.0. The Kier molecular flexibility index (Phi) is 2.64. The molecule has 0 unspecified atom stereocenters. The molecule has 0 spiro atoms.